The average Bonchev–Trinajstić information content (AvgIpc) is 3.42. The fraction of sp³-hybridized carbons (Fsp3) is 0.286. The molecular formula is C28H27ClFN3O3. The monoisotopic (exact) mass is 507 g/mol. The molecule has 0 spiro atoms. The van der Waals surface area contributed by atoms with E-state index in [0.29, 0.717) is 50.5 Å². The van der Waals surface area contributed by atoms with E-state index < -0.39 is 0 Å². The third-order valence-electron chi connectivity index (χ3n) is 6.56. The quantitative estimate of drug-likeness (QED) is 0.359. The lowest BCUT2D eigenvalue weighted by atomic mass is 10.1. The Morgan fingerprint density at radius 2 is 1.92 bits per heavy atom. The van der Waals surface area contributed by atoms with Crippen molar-refractivity contribution in [2.24, 2.45) is 0 Å². The summed E-state index contributed by atoms with van der Waals surface area (Å²) in [5.74, 6) is 0.534. The van der Waals surface area contributed by atoms with Gasteiger partial charge < -0.3 is 19.3 Å². The highest BCUT2D eigenvalue weighted by Crippen LogP contribution is 2.29. The Hall–Kier alpha value is -3.42. The minimum absolute atomic E-state index is 0.224. The van der Waals surface area contributed by atoms with Crippen LogP contribution in [0.3, 0.4) is 0 Å². The number of carbonyl (C=O) groups excluding carboxylic acids is 1. The van der Waals surface area contributed by atoms with Crippen molar-refractivity contribution in [3.8, 4) is 0 Å². The van der Waals surface area contributed by atoms with E-state index in [0.717, 1.165) is 27.8 Å². The van der Waals surface area contributed by atoms with Gasteiger partial charge in [0.1, 0.15) is 11.6 Å². The molecule has 6 nitrogen and oxygen atoms in total. The van der Waals surface area contributed by atoms with E-state index in [2.05, 4.69) is 11.0 Å². The van der Waals surface area contributed by atoms with Gasteiger partial charge in [0.15, 0.2) is 5.76 Å². The number of carbonyl (C=O) groups is 1. The Bertz CT molecular complexity index is 1340. The van der Waals surface area contributed by atoms with Crippen LogP contribution in [0.4, 0.5) is 10.2 Å². The third kappa shape index (κ3) is 5.53. The Labute approximate surface area is 213 Å². The van der Waals surface area contributed by atoms with E-state index in [9.17, 15) is 14.3 Å². The number of hydrogen-bond acceptors (Lipinski definition) is 5. The van der Waals surface area contributed by atoms with Crippen molar-refractivity contribution in [3.05, 3.63) is 94.7 Å². The molecule has 2 aromatic heterocycles. The van der Waals surface area contributed by atoms with Crippen LogP contribution < -0.4 is 4.90 Å². The molecule has 1 saturated heterocycles. The maximum absolute atomic E-state index is 13.4. The molecule has 1 amide bonds. The first-order valence-electron chi connectivity index (χ1n) is 12.1. The number of benzene rings is 2. The van der Waals surface area contributed by atoms with E-state index in [1.165, 1.54) is 18.4 Å². The van der Waals surface area contributed by atoms with Crippen molar-refractivity contribution in [1.82, 2.24) is 9.88 Å². The maximum Gasteiger partial charge on any atom is 0.289 e. The van der Waals surface area contributed by atoms with Crippen molar-refractivity contribution in [2.75, 3.05) is 24.5 Å². The van der Waals surface area contributed by atoms with Gasteiger partial charge in [0, 0.05) is 42.2 Å². The van der Waals surface area contributed by atoms with Gasteiger partial charge in [-0.1, -0.05) is 29.8 Å². The number of furan rings is 1. The Kier molecular flexibility index (Phi) is 7.20. The van der Waals surface area contributed by atoms with E-state index >= 15 is 0 Å². The summed E-state index contributed by atoms with van der Waals surface area (Å²) in [5.41, 5.74) is 2.62. The molecule has 1 aliphatic rings. The van der Waals surface area contributed by atoms with Crippen molar-refractivity contribution < 1.29 is 18.7 Å². The molecule has 8 heteroatoms. The largest absolute Gasteiger partial charge is 0.459 e. The number of fused-ring (bicyclic) bond motifs is 1. The standard InChI is InChI=1S/C28H27ClFN3O3/c29-22-6-5-20-16-21(27(31-25(20)17-22)32-13-10-24(34)11-14-32)18-33(28(35)26-2-1-15-36-26)12-9-19-3-7-23(30)8-4-19/h1-8,15-17,24,34H,9-14,18H2. The number of aliphatic hydroxyl groups excluding tert-OH is 1. The molecule has 0 unspecified atom stereocenters. The molecule has 0 atom stereocenters. The highest BCUT2D eigenvalue weighted by molar-refractivity contribution is 6.31. The van der Waals surface area contributed by atoms with E-state index in [1.807, 2.05) is 18.2 Å². The summed E-state index contributed by atoms with van der Waals surface area (Å²) in [7, 11) is 0. The van der Waals surface area contributed by atoms with Gasteiger partial charge in [-0.2, -0.15) is 0 Å². The normalized spacial score (nSPS) is 14.4. The van der Waals surface area contributed by atoms with Crippen molar-refractivity contribution in [2.45, 2.75) is 31.9 Å². The number of aliphatic hydroxyl groups is 1. The van der Waals surface area contributed by atoms with Crippen LogP contribution in [0.1, 0.15) is 34.5 Å². The predicted octanol–water partition coefficient (Wildman–Crippen LogP) is 5.47. The number of hydrogen-bond donors (Lipinski definition) is 1. The zero-order valence-corrected chi connectivity index (χ0v) is 20.5. The van der Waals surface area contributed by atoms with Crippen molar-refractivity contribution in [3.63, 3.8) is 0 Å². The SMILES string of the molecule is O=C(c1ccco1)N(CCc1ccc(F)cc1)Cc1cc2ccc(Cl)cc2nc1N1CCC(O)CC1. The number of aromatic nitrogens is 1. The predicted molar refractivity (Wildman–Crippen MR) is 138 cm³/mol. The smallest absolute Gasteiger partial charge is 0.289 e. The lowest BCUT2D eigenvalue weighted by Crippen LogP contribution is -2.38. The molecule has 1 aliphatic heterocycles. The lowest BCUT2D eigenvalue weighted by molar-refractivity contribution is 0.0713. The van der Waals surface area contributed by atoms with Crippen LogP contribution in [0.25, 0.3) is 10.9 Å². The molecule has 2 aromatic carbocycles. The number of amides is 1. The Balaban J connectivity index is 1.49. The molecule has 36 heavy (non-hydrogen) atoms. The van der Waals surface area contributed by atoms with Crippen LogP contribution in [-0.2, 0) is 13.0 Å². The molecule has 0 saturated carbocycles. The fourth-order valence-electron chi connectivity index (χ4n) is 4.57. The lowest BCUT2D eigenvalue weighted by Gasteiger charge is -2.33. The van der Waals surface area contributed by atoms with E-state index in [1.54, 1.807) is 29.2 Å². The zero-order chi connectivity index (χ0) is 25.1. The molecule has 0 aliphatic carbocycles. The molecule has 1 fully saturated rings. The van der Waals surface area contributed by atoms with Crippen molar-refractivity contribution >= 4 is 34.2 Å². The van der Waals surface area contributed by atoms with E-state index in [-0.39, 0.29) is 23.6 Å². The van der Waals surface area contributed by atoms with Crippen LogP contribution in [0, 0.1) is 5.82 Å². The van der Waals surface area contributed by atoms with Crippen LogP contribution in [0.5, 0.6) is 0 Å². The first-order valence-corrected chi connectivity index (χ1v) is 12.4. The topological polar surface area (TPSA) is 69.8 Å². The second kappa shape index (κ2) is 10.7. The minimum atomic E-state index is -0.313. The molecule has 4 aromatic rings. The molecule has 186 valence electrons. The van der Waals surface area contributed by atoms with Gasteiger partial charge in [-0.25, -0.2) is 9.37 Å². The highest BCUT2D eigenvalue weighted by Gasteiger charge is 2.25. The first kappa shape index (κ1) is 24.3. The summed E-state index contributed by atoms with van der Waals surface area (Å²) < 4.78 is 18.8. The number of rotatable bonds is 7. The van der Waals surface area contributed by atoms with Gasteiger partial charge >= 0.3 is 0 Å². The average molecular weight is 508 g/mol. The number of halogens is 2. The van der Waals surface area contributed by atoms with Gasteiger partial charge in [-0.3, -0.25) is 4.79 Å². The third-order valence-corrected chi connectivity index (χ3v) is 6.80. The van der Waals surface area contributed by atoms with Crippen LogP contribution in [0.15, 0.2) is 71.3 Å². The van der Waals surface area contributed by atoms with Crippen LogP contribution >= 0.6 is 11.6 Å². The summed E-state index contributed by atoms with van der Waals surface area (Å²) >= 11 is 6.23. The number of pyridine rings is 1. The highest BCUT2D eigenvalue weighted by atomic mass is 35.5. The second-order valence-corrected chi connectivity index (χ2v) is 9.54. The van der Waals surface area contributed by atoms with Gasteiger partial charge in [0.05, 0.1) is 17.9 Å². The molecular weight excluding hydrogens is 481 g/mol. The summed E-state index contributed by atoms with van der Waals surface area (Å²) in [4.78, 5) is 22.3. The minimum Gasteiger partial charge on any atom is -0.459 e. The van der Waals surface area contributed by atoms with Gasteiger partial charge in [-0.05, 0) is 67.3 Å². The Morgan fingerprint density at radius 3 is 2.64 bits per heavy atom. The van der Waals surface area contributed by atoms with Gasteiger partial charge in [0.2, 0.25) is 0 Å². The fourth-order valence-corrected chi connectivity index (χ4v) is 4.74. The van der Waals surface area contributed by atoms with Crippen molar-refractivity contribution in [1.29, 1.82) is 0 Å². The van der Waals surface area contributed by atoms with E-state index in [4.69, 9.17) is 21.0 Å². The summed E-state index contributed by atoms with van der Waals surface area (Å²) in [6, 6.07) is 17.3. The number of nitrogens with zero attached hydrogens (tertiary/aromatic N) is 3. The molecule has 5 rings (SSSR count). The maximum atomic E-state index is 13.4. The van der Waals surface area contributed by atoms with Gasteiger partial charge in [-0.15, -0.1) is 0 Å². The number of piperidine rings is 1. The molecule has 0 bridgehead atoms. The van der Waals surface area contributed by atoms with Gasteiger partial charge in [0.25, 0.3) is 5.91 Å². The number of anilines is 1. The molecule has 0 radical (unpaired) electrons. The second-order valence-electron chi connectivity index (χ2n) is 9.11. The summed E-state index contributed by atoms with van der Waals surface area (Å²) in [6.07, 6.45) is 3.06. The van der Waals surface area contributed by atoms with Crippen LogP contribution in [-0.4, -0.2) is 46.6 Å². The first-order chi connectivity index (χ1) is 17.5. The zero-order valence-electron chi connectivity index (χ0n) is 19.7. The molecule has 3 heterocycles. The molecule has 1 N–H and O–H groups in total. The summed E-state index contributed by atoms with van der Waals surface area (Å²) in [5, 5.41) is 11.6. The Morgan fingerprint density at radius 1 is 1.14 bits per heavy atom. The summed E-state index contributed by atoms with van der Waals surface area (Å²) in [6.45, 7) is 2.09. The van der Waals surface area contributed by atoms with Crippen LogP contribution in [0.2, 0.25) is 5.02 Å².